The molecule has 0 unspecified atom stereocenters. The third-order valence-electron chi connectivity index (χ3n) is 3.59. The fourth-order valence-electron chi connectivity index (χ4n) is 2.20. The lowest BCUT2D eigenvalue weighted by Gasteiger charge is -2.07. The SMILES string of the molecule is NNc1cc(Sc2n[nH]c(=O)n2C2CC2)nc(C2CC2)n1. The van der Waals surface area contributed by atoms with Crippen molar-refractivity contribution >= 4 is 17.6 Å². The Morgan fingerprint density at radius 2 is 2.14 bits per heavy atom. The lowest BCUT2D eigenvalue weighted by atomic mass is 10.4. The second kappa shape index (κ2) is 4.85. The van der Waals surface area contributed by atoms with Crippen molar-refractivity contribution in [3.8, 4) is 0 Å². The Balaban J connectivity index is 1.67. The van der Waals surface area contributed by atoms with Gasteiger partial charge in [0.2, 0.25) is 0 Å². The molecule has 2 aliphatic rings. The predicted molar refractivity (Wildman–Crippen MR) is 77.1 cm³/mol. The Morgan fingerprint density at radius 1 is 1.33 bits per heavy atom. The number of aromatic amines is 1. The molecule has 9 heteroatoms. The summed E-state index contributed by atoms with van der Waals surface area (Å²) in [6, 6.07) is 2.04. The van der Waals surface area contributed by atoms with Crippen LogP contribution < -0.4 is 17.0 Å². The largest absolute Gasteiger partial charge is 0.344 e. The molecule has 0 saturated heterocycles. The average molecular weight is 305 g/mol. The van der Waals surface area contributed by atoms with E-state index in [1.54, 1.807) is 10.6 Å². The van der Waals surface area contributed by atoms with Gasteiger partial charge in [-0.1, -0.05) is 0 Å². The van der Waals surface area contributed by atoms with Crippen LogP contribution in [0.25, 0.3) is 0 Å². The summed E-state index contributed by atoms with van der Waals surface area (Å²) >= 11 is 1.37. The minimum Gasteiger partial charge on any atom is -0.308 e. The van der Waals surface area contributed by atoms with Gasteiger partial charge in [-0.2, -0.15) is 0 Å². The first kappa shape index (κ1) is 12.8. The summed E-state index contributed by atoms with van der Waals surface area (Å²) in [6.07, 6.45) is 4.29. The highest BCUT2D eigenvalue weighted by atomic mass is 32.2. The number of hydrogen-bond donors (Lipinski definition) is 3. The standard InChI is InChI=1S/C12H15N7OS/c13-16-8-5-9(15-10(14-8)6-1-2-6)21-12-18-17-11(20)19(12)7-3-4-7/h5-7H,1-4,13H2,(H,17,20)(H,14,15,16). The summed E-state index contributed by atoms with van der Waals surface area (Å²) in [7, 11) is 0. The van der Waals surface area contributed by atoms with Crippen LogP contribution in [0.3, 0.4) is 0 Å². The number of hydrazine groups is 1. The summed E-state index contributed by atoms with van der Waals surface area (Å²) in [4.78, 5) is 20.7. The van der Waals surface area contributed by atoms with Crippen LogP contribution in [-0.4, -0.2) is 24.7 Å². The number of H-pyrrole nitrogens is 1. The summed E-state index contributed by atoms with van der Waals surface area (Å²) < 4.78 is 1.71. The molecule has 21 heavy (non-hydrogen) atoms. The van der Waals surface area contributed by atoms with Gasteiger partial charge in [-0.05, 0) is 37.4 Å². The molecule has 2 saturated carbocycles. The number of anilines is 1. The number of nitrogens with zero attached hydrogens (tertiary/aromatic N) is 4. The van der Waals surface area contributed by atoms with Crippen LogP contribution in [0.1, 0.15) is 43.5 Å². The highest BCUT2D eigenvalue weighted by Crippen LogP contribution is 2.40. The van der Waals surface area contributed by atoms with Gasteiger partial charge in [-0.25, -0.2) is 25.7 Å². The number of nitrogens with one attached hydrogen (secondary N) is 2. The third-order valence-corrected chi connectivity index (χ3v) is 4.48. The topological polar surface area (TPSA) is 115 Å². The first-order chi connectivity index (χ1) is 10.2. The van der Waals surface area contributed by atoms with Crippen LogP contribution >= 0.6 is 11.8 Å². The highest BCUT2D eigenvalue weighted by molar-refractivity contribution is 7.99. The fourth-order valence-corrected chi connectivity index (χ4v) is 3.12. The number of hydrogen-bond acceptors (Lipinski definition) is 7. The van der Waals surface area contributed by atoms with E-state index in [-0.39, 0.29) is 11.7 Å². The maximum atomic E-state index is 11.8. The molecular formula is C12H15N7OS. The average Bonchev–Trinajstić information content (AvgIpc) is 3.38. The monoisotopic (exact) mass is 305 g/mol. The van der Waals surface area contributed by atoms with Crippen LogP contribution in [0.15, 0.2) is 21.0 Å². The normalized spacial score (nSPS) is 18.0. The van der Waals surface area contributed by atoms with E-state index in [1.807, 2.05) is 0 Å². The summed E-state index contributed by atoms with van der Waals surface area (Å²) in [5.41, 5.74) is 2.41. The predicted octanol–water partition coefficient (Wildman–Crippen LogP) is 1.01. The molecule has 2 fully saturated rings. The number of aromatic nitrogens is 5. The van der Waals surface area contributed by atoms with E-state index in [2.05, 4.69) is 25.6 Å². The van der Waals surface area contributed by atoms with Crippen molar-refractivity contribution in [1.29, 1.82) is 0 Å². The molecular weight excluding hydrogens is 290 g/mol. The molecule has 0 spiro atoms. The molecule has 8 nitrogen and oxygen atoms in total. The van der Waals surface area contributed by atoms with E-state index < -0.39 is 0 Å². The molecule has 4 rings (SSSR count). The molecule has 2 heterocycles. The van der Waals surface area contributed by atoms with Crippen molar-refractivity contribution in [2.75, 3.05) is 5.43 Å². The van der Waals surface area contributed by atoms with Gasteiger partial charge in [-0.3, -0.25) is 4.57 Å². The van der Waals surface area contributed by atoms with Crippen molar-refractivity contribution in [2.45, 2.75) is 47.8 Å². The maximum Gasteiger partial charge on any atom is 0.344 e. The summed E-state index contributed by atoms with van der Waals surface area (Å²) in [5.74, 6) is 7.30. The van der Waals surface area contributed by atoms with Crippen molar-refractivity contribution < 1.29 is 0 Å². The van der Waals surface area contributed by atoms with E-state index in [0.717, 1.165) is 36.5 Å². The Bertz CT molecular complexity index is 731. The Morgan fingerprint density at radius 3 is 2.81 bits per heavy atom. The van der Waals surface area contributed by atoms with Gasteiger partial charge in [-0.15, -0.1) is 5.10 Å². The van der Waals surface area contributed by atoms with Crippen molar-refractivity contribution in [3.63, 3.8) is 0 Å². The lowest BCUT2D eigenvalue weighted by Crippen LogP contribution is -2.16. The minimum absolute atomic E-state index is 0.159. The van der Waals surface area contributed by atoms with Gasteiger partial charge in [0, 0.05) is 18.0 Å². The third kappa shape index (κ3) is 2.54. The molecule has 110 valence electrons. The van der Waals surface area contributed by atoms with Gasteiger partial charge >= 0.3 is 5.69 Å². The van der Waals surface area contributed by atoms with Crippen LogP contribution in [0.4, 0.5) is 5.82 Å². The fraction of sp³-hybridized carbons (Fsp3) is 0.500. The van der Waals surface area contributed by atoms with E-state index >= 15 is 0 Å². The Labute approximate surface area is 124 Å². The van der Waals surface area contributed by atoms with Crippen LogP contribution in [0.5, 0.6) is 0 Å². The van der Waals surface area contributed by atoms with Crippen molar-refractivity contribution in [1.82, 2.24) is 24.7 Å². The van der Waals surface area contributed by atoms with Crippen LogP contribution in [0.2, 0.25) is 0 Å². The molecule has 2 aromatic rings. The highest BCUT2D eigenvalue weighted by Gasteiger charge is 2.30. The van der Waals surface area contributed by atoms with E-state index in [0.29, 0.717) is 16.9 Å². The van der Waals surface area contributed by atoms with Gasteiger partial charge in [0.1, 0.15) is 16.7 Å². The van der Waals surface area contributed by atoms with E-state index in [9.17, 15) is 4.79 Å². The van der Waals surface area contributed by atoms with E-state index in [1.165, 1.54) is 11.8 Å². The zero-order valence-electron chi connectivity index (χ0n) is 11.2. The minimum atomic E-state index is -0.159. The molecule has 2 aliphatic carbocycles. The molecule has 2 aromatic heterocycles. The van der Waals surface area contributed by atoms with Crippen molar-refractivity contribution in [2.24, 2.45) is 5.84 Å². The second-order valence-corrected chi connectivity index (χ2v) is 6.37. The Hall–Kier alpha value is -1.87. The number of nitrogen functional groups attached to an aromatic ring is 1. The van der Waals surface area contributed by atoms with Crippen LogP contribution in [-0.2, 0) is 0 Å². The molecule has 0 aliphatic heterocycles. The molecule has 0 radical (unpaired) electrons. The zero-order valence-corrected chi connectivity index (χ0v) is 12.1. The van der Waals surface area contributed by atoms with E-state index in [4.69, 9.17) is 5.84 Å². The van der Waals surface area contributed by atoms with Gasteiger partial charge in [0.15, 0.2) is 5.16 Å². The lowest BCUT2D eigenvalue weighted by molar-refractivity contribution is 0.642. The first-order valence-electron chi connectivity index (χ1n) is 6.95. The summed E-state index contributed by atoms with van der Waals surface area (Å²) in [6.45, 7) is 0. The molecule has 0 aromatic carbocycles. The molecule has 0 atom stereocenters. The number of rotatable bonds is 5. The smallest absolute Gasteiger partial charge is 0.308 e. The van der Waals surface area contributed by atoms with Gasteiger partial charge in [0.05, 0.1) is 0 Å². The quantitative estimate of drug-likeness (QED) is 0.429. The van der Waals surface area contributed by atoms with Gasteiger partial charge in [0.25, 0.3) is 0 Å². The Kier molecular flexibility index (Phi) is 2.96. The zero-order chi connectivity index (χ0) is 14.4. The number of nitrogens with two attached hydrogens (primary N) is 1. The maximum absolute atomic E-state index is 11.8. The van der Waals surface area contributed by atoms with Crippen LogP contribution in [0, 0.1) is 0 Å². The van der Waals surface area contributed by atoms with Gasteiger partial charge < -0.3 is 5.43 Å². The second-order valence-electron chi connectivity index (χ2n) is 5.38. The molecule has 0 bridgehead atoms. The molecule has 0 amide bonds. The first-order valence-corrected chi connectivity index (χ1v) is 7.76. The van der Waals surface area contributed by atoms with Crippen molar-refractivity contribution in [3.05, 3.63) is 22.4 Å². The summed E-state index contributed by atoms with van der Waals surface area (Å²) in [5, 5.41) is 8.00. The molecule has 4 N–H and O–H groups in total.